The number of nitrogens with two attached hydrogens (primary N) is 1. The predicted octanol–water partition coefficient (Wildman–Crippen LogP) is 3.12. The summed E-state index contributed by atoms with van der Waals surface area (Å²) in [7, 11) is 1.50. The number of carboxylic acid groups (broad SMARTS) is 1. The lowest BCUT2D eigenvalue weighted by Gasteiger charge is -2.23. The van der Waals surface area contributed by atoms with Gasteiger partial charge >= 0.3 is 5.97 Å². The van der Waals surface area contributed by atoms with Gasteiger partial charge < -0.3 is 15.6 Å². The van der Waals surface area contributed by atoms with Gasteiger partial charge in [-0.05, 0) is 23.1 Å². The highest BCUT2D eigenvalue weighted by molar-refractivity contribution is 6.32. The lowest BCUT2D eigenvalue weighted by Crippen LogP contribution is -2.18. The van der Waals surface area contributed by atoms with Crippen LogP contribution in [0.2, 0.25) is 5.02 Å². The Bertz CT molecular complexity index is 480. The Hall–Kier alpha value is -1.26. The Morgan fingerprint density at radius 2 is 2.05 bits per heavy atom. The zero-order valence-electron chi connectivity index (χ0n) is 11.7. The minimum Gasteiger partial charge on any atom is -0.495 e. The average molecular weight is 286 g/mol. The molecule has 0 aliphatic carbocycles. The number of hydrogen-bond donors (Lipinski definition) is 2. The molecule has 1 aromatic rings. The van der Waals surface area contributed by atoms with Crippen LogP contribution in [0.3, 0.4) is 0 Å². The van der Waals surface area contributed by atoms with E-state index in [2.05, 4.69) is 20.8 Å². The molecule has 0 fully saturated rings. The molecule has 0 aromatic heterocycles. The van der Waals surface area contributed by atoms with E-state index in [1.165, 1.54) is 7.11 Å². The van der Waals surface area contributed by atoms with Gasteiger partial charge in [0.1, 0.15) is 5.75 Å². The standard InChI is InChI=1S/C14H20ClNO3/c1-14(2,3)8-5-9(11(16)7-12(17)18)13(19-4)10(15)6-8/h5-6,11H,7,16H2,1-4H3,(H,17,18). The summed E-state index contributed by atoms with van der Waals surface area (Å²) in [6.45, 7) is 6.16. The number of carboxylic acids is 1. The van der Waals surface area contributed by atoms with Gasteiger partial charge in [0.2, 0.25) is 0 Å². The van der Waals surface area contributed by atoms with Crippen molar-refractivity contribution in [1.82, 2.24) is 0 Å². The van der Waals surface area contributed by atoms with Gasteiger partial charge in [0.05, 0.1) is 18.6 Å². The Balaban J connectivity index is 3.34. The van der Waals surface area contributed by atoms with Crippen LogP contribution in [0.15, 0.2) is 12.1 Å². The molecule has 0 aliphatic rings. The fourth-order valence-electron chi connectivity index (χ4n) is 1.84. The first kappa shape index (κ1) is 15.8. The van der Waals surface area contributed by atoms with Crippen molar-refractivity contribution in [3.05, 3.63) is 28.3 Å². The van der Waals surface area contributed by atoms with Gasteiger partial charge in [-0.15, -0.1) is 0 Å². The van der Waals surface area contributed by atoms with Crippen molar-refractivity contribution in [1.29, 1.82) is 0 Å². The van der Waals surface area contributed by atoms with Gasteiger partial charge in [-0.3, -0.25) is 4.79 Å². The van der Waals surface area contributed by atoms with Crippen LogP contribution in [0.1, 0.15) is 44.4 Å². The maximum atomic E-state index is 10.8. The molecule has 4 nitrogen and oxygen atoms in total. The van der Waals surface area contributed by atoms with Crippen molar-refractivity contribution >= 4 is 17.6 Å². The molecule has 0 aliphatic heterocycles. The second-order valence-corrected chi connectivity index (χ2v) is 5.94. The highest BCUT2D eigenvalue weighted by Gasteiger charge is 2.22. The zero-order chi connectivity index (χ0) is 14.8. The monoisotopic (exact) mass is 285 g/mol. The van der Waals surface area contributed by atoms with Crippen LogP contribution < -0.4 is 10.5 Å². The SMILES string of the molecule is COc1c(Cl)cc(C(C)(C)C)cc1C(N)CC(=O)O. The summed E-state index contributed by atoms with van der Waals surface area (Å²) in [6.07, 6.45) is -0.166. The van der Waals surface area contributed by atoms with E-state index in [0.29, 0.717) is 16.3 Å². The summed E-state index contributed by atoms with van der Waals surface area (Å²) in [4.78, 5) is 10.8. The van der Waals surface area contributed by atoms with Crippen LogP contribution in [0.25, 0.3) is 0 Å². The van der Waals surface area contributed by atoms with Gasteiger partial charge in [-0.1, -0.05) is 32.4 Å². The normalized spacial score (nSPS) is 13.2. The fourth-order valence-corrected chi connectivity index (χ4v) is 2.14. The molecule has 1 atom stereocenters. The number of rotatable bonds is 4. The highest BCUT2D eigenvalue weighted by Crippen LogP contribution is 2.37. The first-order valence-electron chi connectivity index (χ1n) is 6.02. The Labute approximate surface area is 118 Å². The van der Waals surface area contributed by atoms with Crippen molar-refractivity contribution < 1.29 is 14.6 Å². The quantitative estimate of drug-likeness (QED) is 0.891. The number of methoxy groups -OCH3 is 1. The minimum atomic E-state index is -0.952. The van der Waals surface area contributed by atoms with Crippen molar-refractivity contribution in [3.63, 3.8) is 0 Å². The molecular weight excluding hydrogens is 266 g/mol. The summed E-state index contributed by atoms with van der Waals surface area (Å²) in [6, 6.07) is 3.06. The number of halogens is 1. The summed E-state index contributed by atoms with van der Waals surface area (Å²) in [5.74, 6) is -0.504. The number of aliphatic carboxylic acids is 1. The molecule has 0 saturated heterocycles. The first-order valence-corrected chi connectivity index (χ1v) is 6.40. The molecule has 19 heavy (non-hydrogen) atoms. The number of benzene rings is 1. The number of ether oxygens (including phenoxy) is 1. The molecule has 0 amide bonds. The summed E-state index contributed by atoms with van der Waals surface area (Å²) < 4.78 is 5.24. The molecule has 106 valence electrons. The van der Waals surface area contributed by atoms with Crippen LogP contribution >= 0.6 is 11.6 Å². The molecule has 0 heterocycles. The van der Waals surface area contributed by atoms with E-state index in [4.69, 9.17) is 27.2 Å². The average Bonchev–Trinajstić information content (AvgIpc) is 2.25. The maximum absolute atomic E-state index is 10.8. The molecule has 1 aromatic carbocycles. The number of carbonyl (C=O) groups is 1. The smallest absolute Gasteiger partial charge is 0.305 e. The Morgan fingerprint density at radius 1 is 1.47 bits per heavy atom. The Kier molecular flexibility index (Phi) is 4.82. The van der Waals surface area contributed by atoms with Crippen molar-refractivity contribution in [2.24, 2.45) is 5.73 Å². The summed E-state index contributed by atoms with van der Waals surface area (Å²) in [5, 5.41) is 9.30. The van der Waals surface area contributed by atoms with E-state index >= 15 is 0 Å². The highest BCUT2D eigenvalue weighted by atomic mass is 35.5. The van der Waals surface area contributed by atoms with E-state index in [0.717, 1.165) is 5.56 Å². The van der Waals surface area contributed by atoms with Gasteiger partial charge in [-0.2, -0.15) is 0 Å². The van der Waals surface area contributed by atoms with Crippen LogP contribution in [-0.4, -0.2) is 18.2 Å². The minimum absolute atomic E-state index is 0.104. The third-order valence-electron chi connectivity index (χ3n) is 2.94. The number of hydrogen-bond acceptors (Lipinski definition) is 3. The molecule has 1 rings (SSSR count). The second kappa shape index (κ2) is 5.80. The van der Waals surface area contributed by atoms with E-state index in [1.54, 1.807) is 0 Å². The largest absolute Gasteiger partial charge is 0.495 e. The first-order chi connectivity index (χ1) is 8.66. The molecule has 0 saturated carbocycles. The molecule has 1 unspecified atom stereocenters. The van der Waals surface area contributed by atoms with Crippen LogP contribution in [0.4, 0.5) is 0 Å². The van der Waals surface area contributed by atoms with Gasteiger partial charge in [0.15, 0.2) is 0 Å². The molecule has 0 radical (unpaired) electrons. The molecule has 0 spiro atoms. The topological polar surface area (TPSA) is 72.5 Å². The summed E-state index contributed by atoms with van der Waals surface area (Å²) >= 11 is 6.19. The van der Waals surface area contributed by atoms with Crippen molar-refractivity contribution in [2.45, 2.75) is 38.6 Å². The van der Waals surface area contributed by atoms with Crippen LogP contribution in [-0.2, 0) is 10.2 Å². The summed E-state index contributed by atoms with van der Waals surface area (Å²) in [5.41, 5.74) is 7.45. The van der Waals surface area contributed by atoms with E-state index in [-0.39, 0.29) is 11.8 Å². The third-order valence-corrected chi connectivity index (χ3v) is 3.22. The van der Waals surface area contributed by atoms with Crippen molar-refractivity contribution in [2.75, 3.05) is 7.11 Å². The van der Waals surface area contributed by atoms with Crippen LogP contribution in [0, 0.1) is 0 Å². The molecule has 3 N–H and O–H groups in total. The fraction of sp³-hybridized carbons (Fsp3) is 0.500. The third kappa shape index (κ3) is 3.85. The predicted molar refractivity (Wildman–Crippen MR) is 75.9 cm³/mol. The lowest BCUT2D eigenvalue weighted by molar-refractivity contribution is -0.137. The van der Waals surface area contributed by atoms with Gasteiger partial charge in [-0.25, -0.2) is 0 Å². The van der Waals surface area contributed by atoms with Crippen LogP contribution in [0.5, 0.6) is 5.75 Å². The molecule has 5 heteroatoms. The van der Waals surface area contributed by atoms with Gasteiger partial charge in [0.25, 0.3) is 0 Å². The van der Waals surface area contributed by atoms with Gasteiger partial charge in [0, 0.05) is 11.6 Å². The molecule has 0 bridgehead atoms. The van der Waals surface area contributed by atoms with E-state index in [1.807, 2.05) is 12.1 Å². The Morgan fingerprint density at radius 3 is 2.47 bits per heavy atom. The molecular formula is C14H20ClNO3. The maximum Gasteiger partial charge on any atom is 0.305 e. The van der Waals surface area contributed by atoms with E-state index < -0.39 is 12.0 Å². The zero-order valence-corrected chi connectivity index (χ0v) is 12.4. The van der Waals surface area contributed by atoms with Crippen molar-refractivity contribution in [3.8, 4) is 5.75 Å². The second-order valence-electron chi connectivity index (χ2n) is 5.53. The van der Waals surface area contributed by atoms with E-state index in [9.17, 15) is 4.79 Å². The lowest BCUT2D eigenvalue weighted by atomic mass is 9.85.